The molecule has 0 atom stereocenters. The third kappa shape index (κ3) is 1.97. The van der Waals surface area contributed by atoms with Crippen LogP contribution in [0.1, 0.15) is 23.2 Å². The van der Waals surface area contributed by atoms with E-state index in [-0.39, 0.29) is 17.3 Å². The lowest BCUT2D eigenvalue weighted by Gasteiger charge is -2.06. The molecule has 6 heteroatoms. The van der Waals surface area contributed by atoms with E-state index in [2.05, 4.69) is 4.98 Å². The van der Waals surface area contributed by atoms with Gasteiger partial charge in [0.1, 0.15) is 5.15 Å². The molecule has 0 bridgehead atoms. The fourth-order valence-corrected chi connectivity index (χ4v) is 1.27. The number of aromatic nitrogens is 1. The van der Waals surface area contributed by atoms with Gasteiger partial charge in [0.2, 0.25) is 0 Å². The zero-order valence-electron chi connectivity index (χ0n) is 6.97. The van der Waals surface area contributed by atoms with Crippen LogP contribution < -0.4 is 5.73 Å². The molecule has 0 aromatic carbocycles. The molecule has 1 rings (SSSR count). The third-order valence-electron chi connectivity index (χ3n) is 1.61. The van der Waals surface area contributed by atoms with E-state index in [0.717, 1.165) is 0 Å². The monoisotopic (exact) mass is 217 g/mol. The first-order chi connectivity index (χ1) is 6.60. The molecule has 0 amide bonds. The number of rotatable bonds is 2. The molecular weight excluding hydrogens is 212 g/mol. The number of nitrogens with zero attached hydrogens (tertiary/aromatic N) is 2. The lowest BCUT2D eigenvalue weighted by molar-refractivity contribution is 0.150. The second-order valence-electron chi connectivity index (χ2n) is 2.48. The maximum atomic E-state index is 12.4. The zero-order chi connectivity index (χ0) is 10.7. The first kappa shape index (κ1) is 10.8. The van der Waals surface area contributed by atoms with Gasteiger partial charge < -0.3 is 5.73 Å². The van der Waals surface area contributed by atoms with Crippen LogP contribution in [0, 0.1) is 11.3 Å². The van der Waals surface area contributed by atoms with E-state index in [0.29, 0.717) is 5.69 Å². The van der Waals surface area contributed by atoms with Gasteiger partial charge in [-0.3, -0.25) is 0 Å². The van der Waals surface area contributed by atoms with Gasteiger partial charge in [0.05, 0.1) is 22.9 Å². The number of hydrogen-bond acceptors (Lipinski definition) is 3. The highest BCUT2D eigenvalue weighted by Gasteiger charge is 2.19. The van der Waals surface area contributed by atoms with Gasteiger partial charge >= 0.3 is 0 Å². The molecule has 1 heterocycles. The van der Waals surface area contributed by atoms with E-state index < -0.39 is 12.0 Å². The molecule has 0 fully saturated rings. The molecule has 2 N–H and O–H groups in total. The molecule has 3 nitrogen and oxygen atoms in total. The highest BCUT2D eigenvalue weighted by molar-refractivity contribution is 6.30. The number of nitrogens with two attached hydrogens (primary N) is 1. The van der Waals surface area contributed by atoms with Gasteiger partial charge in [0, 0.05) is 6.54 Å². The quantitative estimate of drug-likeness (QED) is 0.771. The summed E-state index contributed by atoms with van der Waals surface area (Å²) in [6.45, 7) is 0.0535. The largest absolute Gasteiger partial charge is 0.325 e. The van der Waals surface area contributed by atoms with Crippen molar-refractivity contribution in [2.24, 2.45) is 5.73 Å². The molecule has 0 aliphatic heterocycles. The fraction of sp³-hybridized carbons (Fsp3) is 0.250. The van der Waals surface area contributed by atoms with Crippen LogP contribution in [-0.2, 0) is 6.54 Å². The van der Waals surface area contributed by atoms with Gasteiger partial charge in [-0.15, -0.1) is 0 Å². The maximum absolute atomic E-state index is 12.4. The van der Waals surface area contributed by atoms with Crippen LogP contribution in [0.5, 0.6) is 0 Å². The number of hydrogen-bond donors (Lipinski definition) is 1. The highest BCUT2D eigenvalue weighted by Crippen LogP contribution is 2.29. The van der Waals surface area contributed by atoms with Crippen molar-refractivity contribution < 1.29 is 8.78 Å². The van der Waals surface area contributed by atoms with Crippen molar-refractivity contribution in [1.29, 1.82) is 5.26 Å². The van der Waals surface area contributed by atoms with Crippen LogP contribution in [0.25, 0.3) is 0 Å². The summed E-state index contributed by atoms with van der Waals surface area (Å²) in [5.41, 5.74) is 4.85. The smallest absolute Gasteiger partial charge is 0.268 e. The van der Waals surface area contributed by atoms with E-state index in [1.807, 2.05) is 0 Å². The van der Waals surface area contributed by atoms with E-state index in [4.69, 9.17) is 22.6 Å². The molecule has 0 unspecified atom stereocenters. The second kappa shape index (κ2) is 4.31. The molecule has 0 aliphatic carbocycles. The molecule has 0 aliphatic rings. The Balaban J connectivity index is 3.37. The predicted octanol–water partition coefficient (Wildman–Crippen LogP) is 2.00. The fourth-order valence-electron chi connectivity index (χ4n) is 0.979. The first-order valence-corrected chi connectivity index (χ1v) is 4.05. The molecule has 0 radical (unpaired) electrons. The molecule has 0 saturated heterocycles. The summed E-state index contributed by atoms with van der Waals surface area (Å²) in [7, 11) is 0. The summed E-state index contributed by atoms with van der Waals surface area (Å²) < 4.78 is 24.8. The van der Waals surface area contributed by atoms with Crippen LogP contribution >= 0.6 is 11.6 Å². The van der Waals surface area contributed by atoms with Gasteiger partial charge in [0.15, 0.2) is 0 Å². The van der Waals surface area contributed by atoms with Crippen molar-refractivity contribution in [2.75, 3.05) is 0 Å². The Morgan fingerprint density at radius 1 is 1.64 bits per heavy atom. The van der Waals surface area contributed by atoms with Crippen LogP contribution in [-0.4, -0.2) is 4.98 Å². The van der Waals surface area contributed by atoms with Crippen LogP contribution in [0.3, 0.4) is 0 Å². The molecule has 14 heavy (non-hydrogen) atoms. The number of halogens is 3. The van der Waals surface area contributed by atoms with E-state index >= 15 is 0 Å². The second-order valence-corrected chi connectivity index (χ2v) is 2.84. The first-order valence-electron chi connectivity index (χ1n) is 3.67. The molecule has 74 valence electrons. The van der Waals surface area contributed by atoms with Crippen molar-refractivity contribution in [3.05, 3.63) is 28.0 Å². The molecular formula is C8H6ClF2N3. The molecule has 0 saturated carbocycles. The Hall–Kier alpha value is -1.25. The Morgan fingerprint density at radius 2 is 2.29 bits per heavy atom. The van der Waals surface area contributed by atoms with Crippen LogP contribution in [0.2, 0.25) is 5.15 Å². The third-order valence-corrected chi connectivity index (χ3v) is 1.90. The summed E-state index contributed by atoms with van der Waals surface area (Å²) in [6, 6.07) is 2.85. The van der Waals surface area contributed by atoms with E-state index in [1.165, 1.54) is 6.07 Å². The van der Waals surface area contributed by atoms with E-state index in [9.17, 15) is 8.78 Å². The molecule has 1 aromatic heterocycles. The minimum Gasteiger partial charge on any atom is -0.325 e. The van der Waals surface area contributed by atoms with E-state index in [1.54, 1.807) is 6.07 Å². The Labute approximate surface area is 84.1 Å². The Bertz CT molecular complexity index is 387. The average molecular weight is 218 g/mol. The van der Waals surface area contributed by atoms with Crippen LogP contribution in [0.4, 0.5) is 8.78 Å². The molecule has 0 spiro atoms. The summed E-state index contributed by atoms with van der Waals surface area (Å²) in [5.74, 6) is 0. The van der Waals surface area contributed by atoms with Gasteiger partial charge in [0.25, 0.3) is 6.43 Å². The number of alkyl halides is 2. The van der Waals surface area contributed by atoms with Crippen molar-refractivity contribution in [2.45, 2.75) is 13.0 Å². The predicted molar refractivity (Wildman–Crippen MR) is 46.8 cm³/mol. The molecule has 1 aromatic rings. The summed E-state index contributed by atoms with van der Waals surface area (Å²) in [6.07, 6.45) is -2.81. The van der Waals surface area contributed by atoms with Gasteiger partial charge in [-0.05, 0) is 6.07 Å². The normalized spacial score (nSPS) is 10.3. The Morgan fingerprint density at radius 3 is 2.71 bits per heavy atom. The van der Waals surface area contributed by atoms with Crippen molar-refractivity contribution >= 4 is 11.6 Å². The van der Waals surface area contributed by atoms with Crippen molar-refractivity contribution in [1.82, 2.24) is 4.98 Å². The van der Waals surface area contributed by atoms with Crippen LogP contribution in [0.15, 0.2) is 6.07 Å². The lowest BCUT2D eigenvalue weighted by Crippen LogP contribution is -2.04. The zero-order valence-corrected chi connectivity index (χ0v) is 7.72. The van der Waals surface area contributed by atoms with Gasteiger partial charge in [-0.2, -0.15) is 5.26 Å². The minimum atomic E-state index is -2.81. The summed E-state index contributed by atoms with van der Waals surface area (Å²) in [4.78, 5) is 3.63. The standard InChI is InChI=1S/C8H6ClF2N3/c9-7-6(8(10)11)4(2-12)1-5(3-13)14-7/h1,8H,3,13H2. The average Bonchev–Trinajstić information content (AvgIpc) is 2.15. The minimum absolute atomic E-state index is 0.0535. The highest BCUT2D eigenvalue weighted by atomic mass is 35.5. The Kier molecular flexibility index (Phi) is 3.33. The number of nitriles is 1. The topological polar surface area (TPSA) is 62.7 Å². The van der Waals surface area contributed by atoms with Crippen molar-refractivity contribution in [3.63, 3.8) is 0 Å². The van der Waals surface area contributed by atoms with Gasteiger partial charge in [-0.1, -0.05) is 11.6 Å². The summed E-state index contributed by atoms with van der Waals surface area (Å²) in [5, 5.41) is 8.24. The maximum Gasteiger partial charge on any atom is 0.268 e. The number of pyridine rings is 1. The van der Waals surface area contributed by atoms with Gasteiger partial charge in [-0.25, -0.2) is 13.8 Å². The SMILES string of the molecule is N#Cc1cc(CN)nc(Cl)c1C(F)F. The van der Waals surface area contributed by atoms with Crippen molar-refractivity contribution in [3.8, 4) is 6.07 Å². The summed E-state index contributed by atoms with van der Waals surface area (Å²) >= 11 is 5.49. The lowest BCUT2D eigenvalue weighted by atomic mass is 10.1.